The molecule has 242 valence electrons. The van der Waals surface area contributed by atoms with Crippen molar-refractivity contribution >= 4 is 40.2 Å². The highest BCUT2D eigenvalue weighted by atomic mass is 16.5. The van der Waals surface area contributed by atoms with Gasteiger partial charge in [0.05, 0.1) is 23.2 Å². The second-order valence-electron chi connectivity index (χ2n) is 11.7. The highest BCUT2D eigenvalue weighted by Crippen LogP contribution is 2.35. The van der Waals surface area contributed by atoms with Gasteiger partial charge in [0, 0.05) is 42.2 Å². The van der Waals surface area contributed by atoms with Crippen molar-refractivity contribution in [3.63, 3.8) is 0 Å². The molecule has 1 fully saturated rings. The van der Waals surface area contributed by atoms with Crippen molar-refractivity contribution in [2.75, 3.05) is 29.0 Å². The lowest BCUT2D eigenvalue weighted by atomic mass is 10.1. The molecule has 0 saturated carbocycles. The van der Waals surface area contributed by atoms with Crippen LogP contribution in [0.3, 0.4) is 0 Å². The Morgan fingerprint density at radius 3 is 2.47 bits per heavy atom. The summed E-state index contributed by atoms with van der Waals surface area (Å²) in [6, 6.07) is 23.9. The lowest BCUT2D eigenvalue weighted by molar-refractivity contribution is 0.0972. The second kappa shape index (κ2) is 14.3. The number of pyridine rings is 1. The molecule has 3 heterocycles. The van der Waals surface area contributed by atoms with Crippen molar-refractivity contribution < 1.29 is 19.4 Å². The number of carbonyl (C=O) groups excluding carboxylic acids is 2. The molecule has 5 aromatic rings. The van der Waals surface area contributed by atoms with Crippen molar-refractivity contribution in [3.05, 3.63) is 96.3 Å². The van der Waals surface area contributed by atoms with Crippen LogP contribution in [-0.4, -0.2) is 56.0 Å². The molecule has 11 heteroatoms. The minimum Gasteiger partial charge on any atom is -0.457 e. The quantitative estimate of drug-likeness (QED) is 0.133. The first-order chi connectivity index (χ1) is 22.9. The maximum atomic E-state index is 13.4. The molecule has 4 N–H and O–H groups in total. The summed E-state index contributed by atoms with van der Waals surface area (Å²) in [6.07, 6.45) is 5.21. The number of aliphatic hydroxyl groups excluding tert-OH is 1. The number of fused-ring (bicyclic) bond motifs is 1. The second-order valence-corrected chi connectivity index (χ2v) is 11.7. The molecule has 0 atom stereocenters. The van der Waals surface area contributed by atoms with Gasteiger partial charge >= 0.3 is 12.1 Å². The fraction of sp³-hybridized carbons (Fsp3) is 0.278. The maximum Gasteiger partial charge on any atom is 0.324 e. The number of amides is 4. The van der Waals surface area contributed by atoms with Gasteiger partial charge in [-0.05, 0) is 62.9 Å². The van der Waals surface area contributed by atoms with Gasteiger partial charge in [-0.15, -0.1) is 0 Å². The molecule has 47 heavy (non-hydrogen) atoms. The normalized spacial score (nSPS) is 13.4. The summed E-state index contributed by atoms with van der Waals surface area (Å²) in [6.45, 7) is 5.16. The van der Waals surface area contributed by atoms with Crippen LogP contribution in [0.25, 0.3) is 16.5 Å². The number of anilines is 3. The monoisotopic (exact) mass is 633 g/mol. The molecule has 1 aliphatic heterocycles. The Hall–Kier alpha value is -5.42. The van der Waals surface area contributed by atoms with E-state index in [4.69, 9.17) is 9.84 Å². The Balaban J connectivity index is 1.18. The number of nitrogens with one attached hydrogen (secondary N) is 3. The van der Waals surface area contributed by atoms with Crippen LogP contribution in [0, 0.1) is 6.92 Å². The molecule has 1 saturated heterocycles. The first kappa shape index (κ1) is 31.6. The zero-order valence-electron chi connectivity index (χ0n) is 26.6. The van der Waals surface area contributed by atoms with E-state index in [1.165, 1.54) is 0 Å². The van der Waals surface area contributed by atoms with Gasteiger partial charge in [-0.1, -0.05) is 55.3 Å². The number of nitrogens with zero attached hydrogens (tertiary/aromatic N) is 4. The van der Waals surface area contributed by atoms with E-state index in [-0.39, 0.29) is 12.1 Å². The van der Waals surface area contributed by atoms with E-state index in [0.717, 1.165) is 47.0 Å². The van der Waals surface area contributed by atoms with Crippen molar-refractivity contribution in [2.45, 2.75) is 52.1 Å². The Bertz CT molecular complexity index is 1860. The predicted molar refractivity (Wildman–Crippen MR) is 184 cm³/mol. The van der Waals surface area contributed by atoms with Crippen LogP contribution in [-0.2, 0) is 6.42 Å². The fourth-order valence-corrected chi connectivity index (χ4v) is 5.55. The lowest BCUT2D eigenvalue weighted by Crippen LogP contribution is -2.42. The highest BCUT2D eigenvalue weighted by molar-refractivity contribution is 6.07. The molecule has 0 aliphatic carbocycles. The van der Waals surface area contributed by atoms with Crippen LogP contribution in [0.5, 0.6) is 11.5 Å². The van der Waals surface area contributed by atoms with E-state index < -0.39 is 6.03 Å². The third kappa shape index (κ3) is 7.70. The van der Waals surface area contributed by atoms with Crippen molar-refractivity contribution in [1.29, 1.82) is 0 Å². The van der Waals surface area contributed by atoms with Crippen LogP contribution in [0.4, 0.5) is 26.9 Å². The van der Waals surface area contributed by atoms with Crippen LogP contribution in [0.2, 0.25) is 0 Å². The van der Waals surface area contributed by atoms with E-state index in [1.54, 1.807) is 40.0 Å². The Labute approximate surface area is 273 Å². The molecule has 2 aromatic heterocycles. The Morgan fingerprint density at radius 2 is 1.70 bits per heavy atom. The number of aromatic nitrogens is 3. The maximum absolute atomic E-state index is 13.4. The molecule has 11 nitrogen and oxygen atoms in total. The molecule has 0 bridgehead atoms. The van der Waals surface area contributed by atoms with E-state index >= 15 is 0 Å². The topological polar surface area (TPSA) is 134 Å². The number of rotatable bonds is 9. The molecule has 6 rings (SSSR count). The predicted octanol–water partition coefficient (Wildman–Crippen LogP) is 7.50. The van der Waals surface area contributed by atoms with Crippen LogP contribution < -0.4 is 20.7 Å². The van der Waals surface area contributed by atoms with Crippen LogP contribution >= 0.6 is 0 Å². The van der Waals surface area contributed by atoms with Gasteiger partial charge in [-0.2, -0.15) is 5.10 Å². The third-order valence-corrected chi connectivity index (χ3v) is 8.14. The molecule has 0 unspecified atom stereocenters. The van der Waals surface area contributed by atoms with Gasteiger partial charge in [0.1, 0.15) is 23.1 Å². The SMILES string of the molecule is CCCCc1cc(NC(=O)Nc2ccc(Oc3ccnc(NC(=O)N4CCC(O)CC4)c3)c3ccccc23)n(-c2ccc(C)cc2)n1. The summed E-state index contributed by atoms with van der Waals surface area (Å²) in [7, 11) is 0. The lowest BCUT2D eigenvalue weighted by Gasteiger charge is -2.29. The summed E-state index contributed by atoms with van der Waals surface area (Å²) in [4.78, 5) is 32.0. The molecule has 0 radical (unpaired) electrons. The summed E-state index contributed by atoms with van der Waals surface area (Å²) in [5, 5.41) is 24.9. The molecule has 4 amide bonds. The number of aryl methyl sites for hydroxylation is 2. The minimum absolute atomic E-state index is 0.264. The fourth-order valence-electron chi connectivity index (χ4n) is 5.55. The largest absolute Gasteiger partial charge is 0.457 e. The van der Waals surface area contributed by atoms with Gasteiger partial charge in [-0.25, -0.2) is 19.3 Å². The van der Waals surface area contributed by atoms with Crippen molar-refractivity contribution in [2.24, 2.45) is 0 Å². The average molecular weight is 634 g/mol. The number of piperidine rings is 1. The first-order valence-corrected chi connectivity index (χ1v) is 16.0. The van der Waals surface area contributed by atoms with E-state index in [0.29, 0.717) is 54.8 Å². The van der Waals surface area contributed by atoms with E-state index in [2.05, 4.69) is 27.9 Å². The molecule has 1 aliphatic rings. The minimum atomic E-state index is -0.392. The highest BCUT2D eigenvalue weighted by Gasteiger charge is 2.22. The molecular weight excluding hydrogens is 594 g/mol. The summed E-state index contributed by atoms with van der Waals surface area (Å²) >= 11 is 0. The van der Waals surface area contributed by atoms with Gasteiger partial charge in [0.25, 0.3) is 0 Å². The van der Waals surface area contributed by atoms with Gasteiger partial charge < -0.3 is 20.1 Å². The smallest absolute Gasteiger partial charge is 0.324 e. The number of likely N-dealkylation sites (tertiary alicyclic amines) is 1. The number of urea groups is 2. The number of hydrogen-bond donors (Lipinski definition) is 4. The Morgan fingerprint density at radius 1 is 0.936 bits per heavy atom. The number of aliphatic hydroxyl groups is 1. The number of unbranched alkanes of at least 4 members (excludes halogenated alkanes) is 1. The molecular formula is C36H39N7O4. The van der Waals surface area contributed by atoms with E-state index in [9.17, 15) is 14.7 Å². The number of benzene rings is 3. The zero-order chi connectivity index (χ0) is 32.8. The summed E-state index contributed by atoms with van der Waals surface area (Å²) in [5.41, 5.74) is 3.54. The average Bonchev–Trinajstić information content (AvgIpc) is 3.47. The molecule has 3 aromatic carbocycles. The number of ether oxygens (including phenoxy) is 1. The third-order valence-electron chi connectivity index (χ3n) is 8.14. The summed E-state index contributed by atoms with van der Waals surface area (Å²) in [5.74, 6) is 2.02. The Kier molecular flexibility index (Phi) is 9.63. The molecule has 0 spiro atoms. The zero-order valence-corrected chi connectivity index (χ0v) is 26.6. The van der Waals surface area contributed by atoms with E-state index in [1.807, 2.05) is 61.5 Å². The number of hydrogen-bond acceptors (Lipinski definition) is 6. The van der Waals surface area contributed by atoms with Gasteiger partial charge in [-0.3, -0.25) is 10.6 Å². The van der Waals surface area contributed by atoms with Crippen molar-refractivity contribution in [1.82, 2.24) is 19.7 Å². The number of carbonyl (C=O) groups is 2. The van der Waals surface area contributed by atoms with Crippen LogP contribution in [0.15, 0.2) is 85.1 Å². The first-order valence-electron chi connectivity index (χ1n) is 16.0. The van der Waals surface area contributed by atoms with Crippen molar-refractivity contribution in [3.8, 4) is 17.2 Å². The van der Waals surface area contributed by atoms with Gasteiger partial charge in [0.2, 0.25) is 0 Å². The van der Waals surface area contributed by atoms with Crippen LogP contribution in [0.1, 0.15) is 43.9 Å². The standard InChI is InChI=1S/C36H39N7O4/c1-3-4-7-25-22-34(43(41-25)26-12-10-24(2)11-13-26)40-35(45)38-31-14-15-32(30-9-6-5-8-29(30)31)47-28-16-19-37-33(23-28)39-36(46)42-20-17-27(44)18-21-42/h5-6,8-16,19,22-23,27,44H,3-4,7,17-18,20-21H2,1-2H3,(H,37,39,46)(H2,38,40,45). The van der Waals surface area contributed by atoms with Gasteiger partial charge in [0.15, 0.2) is 0 Å². The summed E-state index contributed by atoms with van der Waals surface area (Å²) < 4.78 is 8.02.